The van der Waals surface area contributed by atoms with Crippen molar-refractivity contribution in [2.75, 3.05) is 25.5 Å². The zero-order valence-corrected chi connectivity index (χ0v) is 22.5. The number of hydrogen-bond acceptors (Lipinski definition) is 5. The standard InChI is InChI=1S/C31H26ClF2N5O/c1-35-22-12-13-39(17-22)31(40)18-4-2-5-21(14-18)37-27-11-8-19-16-36-30(28-25(33)6-3-7-26(28)34)24-15-20(32)9-10-23(24)29(19)38-27/h2-11,14-15,22,35H,12-13,16-17H2,1H3,(H,37,38). The number of rotatable bonds is 5. The van der Waals surface area contributed by atoms with Crippen LogP contribution >= 0.6 is 11.6 Å². The van der Waals surface area contributed by atoms with E-state index in [0.29, 0.717) is 45.8 Å². The molecule has 0 aliphatic carbocycles. The number of anilines is 2. The van der Waals surface area contributed by atoms with Crippen LogP contribution in [0, 0.1) is 11.6 Å². The molecule has 6 nitrogen and oxygen atoms in total. The summed E-state index contributed by atoms with van der Waals surface area (Å²) in [5.74, 6) is -0.847. The van der Waals surface area contributed by atoms with Gasteiger partial charge in [-0.25, -0.2) is 13.8 Å². The predicted molar refractivity (Wildman–Crippen MR) is 153 cm³/mol. The number of halogens is 3. The molecule has 1 saturated heterocycles. The number of hydrogen-bond donors (Lipinski definition) is 2. The van der Waals surface area contributed by atoms with Gasteiger partial charge >= 0.3 is 0 Å². The largest absolute Gasteiger partial charge is 0.340 e. The average Bonchev–Trinajstić information content (AvgIpc) is 3.39. The van der Waals surface area contributed by atoms with Crippen molar-refractivity contribution in [3.8, 4) is 11.3 Å². The average molecular weight is 558 g/mol. The number of pyridine rings is 1. The van der Waals surface area contributed by atoms with Gasteiger partial charge in [0.15, 0.2) is 0 Å². The second kappa shape index (κ2) is 10.8. The minimum absolute atomic E-state index is 0.00727. The van der Waals surface area contributed by atoms with E-state index in [9.17, 15) is 13.6 Å². The molecule has 0 saturated carbocycles. The summed E-state index contributed by atoms with van der Waals surface area (Å²) in [5, 5.41) is 6.96. The minimum atomic E-state index is -0.698. The van der Waals surface area contributed by atoms with Crippen LogP contribution in [0.1, 0.15) is 33.5 Å². The molecule has 1 amide bonds. The second-order valence-electron chi connectivity index (χ2n) is 9.89. The van der Waals surface area contributed by atoms with E-state index in [-0.39, 0.29) is 23.7 Å². The van der Waals surface area contributed by atoms with E-state index in [2.05, 4.69) is 15.6 Å². The van der Waals surface area contributed by atoms with Crippen LogP contribution in [0.3, 0.4) is 0 Å². The lowest BCUT2D eigenvalue weighted by Crippen LogP contribution is -2.33. The fraction of sp³-hybridized carbons (Fsp3) is 0.194. The van der Waals surface area contributed by atoms with Crippen LogP contribution in [0.25, 0.3) is 11.3 Å². The Balaban J connectivity index is 1.33. The Labute approximate surface area is 235 Å². The number of likely N-dealkylation sites (tertiary alicyclic amines) is 1. The molecule has 4 aromatic rings. The fourth-order valence-electron chi connectivity index (χ4n) is 5.27. The number of fused-ring (bicyclic) bond motifs is 3. The number of aliphatic imine (C=N–C) groups is 1. The Hall–Kier alpha value is -4.14. The number of carbonyl (C=O) groups is 1. The third kappa shape index (κ3) is 4.96. The van der Waals surface area contributed by atoms with Crippen LogP contribution in [-0.4, -0.2) is 47.7 Å². The van der Waals surface area contributed by atoms with E-state index in [1.807, 2.05) is 48.3 Å². The first-order chi connectivity index (χ1) is 19.4. The van der Waals surface area contributed by atoms with Gasteiger partial charge in [-0.3, -0.25) is 9.79 Å². The van der Waals surface area contributed by atoms with E-state index in [4.69, 9.17) is 16.6 Å². The van der Waals surface area contributed by atoms with E-state index >= 15 is 0 Å². The minimum Gasteiger partial charge on any atom is -0.340 e. The number of carbonyl (C=O) groups excluding carboxylic acids is 1. The van der Waals surface area contributed by atoms with E-state index in [1.165, 1.54) is 18.2 Å². The van der Waals surface area contributed by atoms with Crippen LogP contribution in [0.5, 0.6) is 0 Å². The van der Waals surface area contributed by atoms with Crippen LogP contribution in [-0.2, 0) is 6.54 Å². The summed E-state index contributed by atoms with van der Waals surface area (Å²) in [6, 6.07) is 20.3. The van der Waals surface area contributed by atoms with Crippen molar-refractivity contribution in [1.82, 2.24) is 15.2 Å². The van der Waals surface area contributed by atoms with Crippen LogP contribution in [0.4, 0.5) is 20.3 Å². The quantitative estimate of drug-likeness (QED) is 0.306. The summed E-state index contributed by atoms with van der Waals surface area (Å²) >= 11 is 6.32. The topological polar surface area (TPSA) is 69.6 Å². The summed E-state index contributed by atoms with van der Waals surface area (Å²) in [6.07, 6.45) is 0.931. The lowest BCUT2D eigenvalue weighted by Gasteiger charge is -2.17. The molecule has 1 atom stereocenters. The van der Waals surface area contributed by atoms with Gasteiger partial charge in [0.2, 0.25) is 0 Å². The number of nitrogens with one attached hydrogen (secondary N) is 2. The molecule has 0 spiro atoms. The molecule has 1 unspecified atom stereocenters. The van der Waals surface area contributed by atoms with Crippen molar-refractivity contribution in [3.05, 3.63) is 112 Å². The Morgan fingerprint density at radius 3 is 2.58 bits per heavy atom. The van der Waals surface area contributed by atoms with Crippen molar-refractivity contribution in [2.24, 2.45) is 4.99 Å². The molecule has 202 valence electrons. The first-order valence-electron chi connectivity index (χ1n) is 13.0. The number of benzene rings is 3. The third-order valence-corrected chi connectivity index (χ3v) is 7.58. The monoisotopic (exact) mass is 557 g/mol. The Morgan fingerprint density at radius 2 is 1.80 bits per heavy atom. The highest BCUT2D eigenvalue weighted by molar-refractivity contribution is 6.31. The summed E-state index contributed by atoms with van der Waals surface area (Å²) in [4.78, 5) is 24.4. The molecule has 9 heteroatoms. The number of likely N-dealkylation sites (N-methyl/N-ethyl adjacent to an activating group) is 1. The Morgan fingerprint density at radius 1 is 1.00 bits per heavy atom. The van der Waals surface area contributed by atoms with Gasteiger partial charge in [-0.2, -0.15) is 0 Å². The van der Waals surface area contributed by atoms with Crippen LogP contribution in [0.2, 0.25) is 5.02 Å². The second-order valence-corrected chi connectivity index (χ2v) is 10.3. The van der Waals surface area contributed by atoms with Gasteiger partial charge in [-0.15, -0.1) is 0 Å². The highest BCUT2D eigenvalue weighted by atomic mass is 35.5. The fourth-order valence-corrected chi connectivity index (χ4v) is 5.44. The lowest BCUT2D eigenvalue weighted by atomic mass is 9.94. The summed E-state index contributed by atoms with van der Waals surface area (Å²) in [6.45, 7) is 1.59. The maximum atomic E-state index is 14.8. The lowest BCUT2D eigenvalue weighted by molar-refractivity contribution is 0.0789. The summed E-state index contributed by atoms with van der Waals surface area (Å²) in [7, 11) is 1.91. The van der Waals surface area contributed by atoms with Gasteiger partial charge in [-0.1, -0.05) is 35.9 Å². The molecule has 2 aliphatic rings. The van der Waals surface area contributed by atoms with Crippen molar-refractivity contribution in [1.29, 1.82) is 0 Å². The van der Waals surface area contributed by atoms with E-state index in [0.717, 1.165) is 24.2 Å². The van der Waals surface area contributed by atoms with Crippen molar-refractivity contribution in [2.45, 2.75) is 19.0 Å². The van der Waals surface area contributed by atoms with Gasteiger partial charge < -0.3 is 15.5 Å². The zero-order chi connectivity index (χ0) is 27.8. The molecular formula is C31H26ClF2N5O. The number of amides is 1. The van der Waals surface area contributed by atoms with Crippen LogP contribution in [0.15, 0.2) is 77.8 Å². The molecule has 0 radical (unpaired) electrons. The SMILES string of the molecule is CNC1CCN(C(=O)c2cccc(Nc3ccc4c(n3)-c3ccc(Cl)cc3C(c3c(F)cccc3F)=NC4)c2)C1. The molecule has 3 heterocycles. The summed E-state index contributed by atoms with van der Waals surface area (Å²) < 4.78 is 29.6. The first kappa shape index (κ1) is 26.1. The molecule has 2 N–H and O–H groups in total. The first-order valence-corrected chi connectivity index (χ1v) is 13.4. The van der Waals surface area contributed by atoms with Gasteiger partial charge in [0, 0.05) is 52.1 Å². The highest BCUT2D eigenvalue weighted by Gasteiger charge is 2.27. The van der Waals surface area contributed by atoms with Gasteiger partial charge in [-0.05, 0) is 62.0 Å². The molecular weight excluding hydrogens is 532 g/mol. The molecule has 1 aromatic heterocycles. The normalized spacial score (nSPS) is 16.1. The maximum absolute atomic E-state index is 14.8. The molecule has 6 rings (SSSR count). The summed E-state index contributed by atoms with van der Waals surface area (Å²) in [5.41, 5.74) is 3.91. The highest BCUT2D eigenvalue weighted by Crippen LogP contribution is 2.35. The van der Waals surface area contributed by atoms with Gasteiger partial charge in [0.05, 0.1) is 23.5 Å². The Bertz CT molecular complexity index is 1640. The Kier molecular flexibility index (Phi) is 7.04. The van der Waals surface area contributed by atoms with E-state index < -0.39 is 11.6 Å². The van der Waals surface area contributed by atoms with Crippen molar-refractivity contribution in [3.63, 3.8) is 0 Å². The molecule has 0 bridgehead atoms. The predicted octanol–water partition coefficient (Wildman–Crippen LogP) is 6.21. The molecule has 1 fully saturated rings. The van der Waals surface area contributed by atoms with Crippen molar-refractivity contribution < 1.29 is 13.6 Å². The van der Waals surface area contributed by atoms with Crippen molar-refractivity contribution >= 4 is 34.7 Å². The molecule has 40 heavy (non-hydrogen) atoms. The zero-order valence-electron chi connectivity index (χ0n) is 21.7. The molecule has 3 aromatic carbocycles. The van der Waals surface area contributed by atoms with Gasteiger partial charge in [0.1, 0.15) is 17.5 Å². The number of aromatic nitrogens is 1. The third-order valence-electron chi connectivity index (χ3n) is 7.34. The number of nitrogens with zero attached hydrogens (tertiary/aromatic N) is 3. The smallest absolute Gasteiger partial charge is 0.253 e. The van der Waals surface area contributed by atoms with Crippen LogP contribution < -0.4 is 10.6 Å². The van der Waals surface area contributed by atoms with E-state index in [1.54, 1.807) is 18.2 Å². The molecule has 2 aliphatic heterocycles. The maximum Gasteiger partial charge on any atom is 0.253 e. The van der Waals surface area contributed by atoms with Gasteiger partial charge in [0.25, 0.3) is 5.91 Å².